The molecule has 1 amide bonds. The number of aromatic nitrogens is 1. The number of amides is 1. The monoisotopic (exact) mass is 382 g/mol. The van der Waals surface area contributed by atoms with E-state index in [9.17, 15) is 4.79 Å². The fourth-order valence-electron chi connectivity index (χ4n) is 3.72. The molecule has 2 aliphatic rings. The van der Waals surface area contributed by atoms with Gasteiger partial charge in [-0.1, -0.05) is 11.6 Å². The zero-order valence-electron chi connectivity index (χ0n) is 15.1. The van der Waals surface area contributed by atoms with Crippen molar-refractivity contribution in [2.75, 3.05) is 38.3 Å². The molecule has 2 atom stereocenters. The average Bonchev–Trinajstić information content (AvgIpc) is 2.67. The van der Waals surface area contributed by atoms with Crippen LogP contribution < -0.4 is 10.6 Å². The fourth-order valence-corrected chi connectivity index (χ4v) is 3.96. The molecule has 144 valence electrons. The van der Waals surface area contributed by atoms with Gasteiger partial charge in [-0.05, 0) is 37.8 Å². The topological polar surface area (TPSA) is 80.9 Å². The van der Waals surface area contributed by atoms with Gasteiger partial charge >= 0.3 is 6.09 Å². The lowest BCUT2D eigenvalue weighted by Crippen LogP contribution is -2.56. The highest BCUT2D eigenvalue weighted by Gasteiger charge is 2.34. The maximum atomic E-state index is 12.0. The van der Waals surface area contributed by atoms with Gasteiger partial charge in [-0.15, -0.1) is 0 Å². The van der Waals surface area contributed by atoms with Crippen molar-refractivity contribution < 1.29 is 14.3 Å². The van der Waals surface area contributed by atoms with Gasteiger partial charge < -0.3 is 25.0 Å². The Labute approximate surface area is 159 Å². The van der Waals surface area contributed by atoms with Gasteiger partial charge in [-0.2, -0.15) is 0 Å². The summed E-state index contributed by atoms with van der Waals surface area (Å²) in [5, 5.41) is 0.675. The molecule has 2 N–H and O–H groups in total. The largest absolute Gasteiger partial charge is 0.453 e. The minimum Gasteiger partial charge on any atom is -0.453 e. The molecule has 0 aromatic carbocycles. The molecule has 2 fully saturated rings. The first kappa shape index (κ1) is 19.2. The fraction of sp³-hybridized carbons (Fsp3) is 0.667. The number of likely N-dealkylation sites (tertiary alicyclic amines) is 1. The van der Waals surface area contributed by atoms with Crippen molar-refractivity contribution in [1.82, 2.24) is 9.88 Å². The van der Waals surface area contributed by atoms with Crippen LogP contribution in [0.1, 0.15) is 25.7 Å². The highest BCUT2D eigenvalue weighted by Crippen LogP contribution is 2.26. The smallest absolute Gasteiger partial charge is 0.409 e. The number of nitrogens with zero attached hydrogens (tertiary/aromatic N) is 3. The van der Waals surface area contributed by atoms with Crippen molar-refractivity contribution in [3.05, 3.63) is 23.4 Å². The Hall–Kier alpha value is -1.57. The van der Waals surface area contributed by atoms with Crippen LogP contribution in [0, 0.1) is 0 Å². The van der Waals surface area contributed by atoms with E-state index in [2.05, 4.69) is 9.88 Å². The van der Waals surface area contributed by atoms with Crippen molar-refractivity contribution >= 4 is 23.5 Å². The molecule has 0 radical (unpaired) electrons. The van der Waals surface area contributed by atoms with Crippen LogP contribution in [0.2, 0.25) is 5.02 Å². The van der Waals surface area contributed by atoms with E-state index in [0.717, 1.165) is 44.6 Å². The van der Waals surface area contributed by atoms with E-state index >= 15 is 0 Å². The molecule has 3 heterocycles. The molecule has 0 saturated carbocycles. The molecule has 26 heavy (non-hydrogen) atoms. The first-order valence-corrected chi connectivity index (χ1v) is 9.55. The lowest BCUT2D eigenvalue weighted by atomic mass is 9.98. The van der Waals surface area contributed by atoms with Gasteiger partial charge in [0, 0.05) is 31.9 Å². The number of ether oxygens (including phenoxy) is 2. The molecule has 0 aliphatic carbocycles. The number of anilines is 1. The molecular formula is C18H27ClN4O3. The van der Waals surface area contributed by atoms with Gasteiger partial charge in [0.25, 0.3) is 0 Å². The number of carbonyl (C=O) groups excluding carboxylic acids is 1. The molecular weight excluding hydrogens is 356 g/mol. The Balaban J connectivity index is 1.51. The van der Waals surface area contributed by atoms with Crippen LogP contribution in [-0.4, -0.2) is 67.5 Å². The molecule has 3 rings (SSSR count). The number of piperidine rings is 2. The lowest BCUT2D eigenvalue weighted by molar-refractivity contribution is -0.0163. The number of pyridine rings is 1. The number of carbonyl (C=O) groups is 1. The van der Waals surface area contributed by atoms with E-state index < -0.39 is 0 Å². The minimum absolute atomic E-state index is 0.0738. The summed E-state index contributed by atoms with van der Waals surface area (Å²) in [6.45, 7) is 2.81. The summed E-state index contributed by atoms with van der Waals surface area (Å²) in [5.41, 5.74) is 6.23. The SMILES string of the molecule is COC(=O)N1CCC[C@H](N)[C@@H]1COC1CCN(c2ncccc2Cl)CC1. The minimum atomic E-state index is -0.326. The highest BCUT2D eigenvalue weighted by molar-refractivity contribution is 6.32. The second kappa shape index (κ2) is 8.88. The van der Waals surface area contributed by atoms with Gasteiger partial charge in [0.1, 0.15) is 5.82 Å². The molecule has 0 bridgehead atoms. The molecule has 2 saturated heterocycles. The quantitative estimate of drug-likeness (QED) is 0.860. The van der Waals surface area contributed by atoms with Crippen LogP contribution in [0.5, 0.6) is 0 Å². The van der Waals surface area contributed by atoms with Gasteiger partial charge in [0.15, 0.2) is 0 Å². The van der Waals surface area contributed by atoms with Crippen LogP contribution in [0.15, 0.2) is 18.3 Å². The molecule has 1 aromatic heterocycles. The molecule has 7 nitrogen and oxygen atoms in total. The van der Waals surface area contributed by atoms with Crippen LogP contribution in [0.25, 0.3) is 0 Å². The Morgan fingerprint density at radius 3 is 2.81 bits per heavy atom. The Bertz CT molecular complexity index is 610. The van der Waals surface area contributed by atoms with Crippen LogP contribution in [0.4, 0.5) is 10.6 Å². The Morgan fingerprint density at radius 2 is 2.12 bits per heavy atom. The van der Waals surface area contributed by atoms with E-state index in [4.69, 9.17) is 26.8 Å². The number of hydrogen-bond acceptors (Lipinski definition) is 6. The van der Waals surface area contributed by atoms with Crippen LogP contribution in [-0.2, 0) is 9.47 Å². The predicted molar refractivity (Wildman–Crippen MR) is 101 cm³/mol. The van der Waals surface area contributed by atoms with Crippen molar-refractivity contribution in [3.63, 3.8) is 0 Å². The van der Waals surface area contributed by atoms with E-state index in [1.165, 1.54) is 7.11 Å². The van der Waals surface area contributed by atoms with Gasteiger partial charge in [-0.3, -0.25) is 0 Å². The molecule has 1 aromatic rings. The summed E-state index contributed by atoms with van der Waals surface area (Å²) in [7, 11) is 1.40. The summed E-state index contributed by atoms with van der Waals surface area (Å²) in [6, 6.07) is 3.50. The second-order valence-corrected chi connectivity index (χ2v) is 7.27. The van der Waals surface area contributed by atoms with Crippen LogP contribution in [0.3, 0.4) is 0 Å². The molecule has 0 unspecified atom stereocenters. The number of nitrogens with two attached hydrogens (primary N) is 1. The summed E-state index contributed by atoms with van der Waals surface area (Å²) in [5.74, 6) is 0.832. The van der Waals surface area contributed by atoms with Crippen molar-refractivity contribution in [3.8, 4) is 0 Å². The maximum absolute atomic E-state index is 12.0. The third-order valence-corrected chi connectivity index (χ3v) is 5.52. The first-order valence-electron chi connectivity index (χ1n) is 9.17. The highest BCUT2D eigenvalue weighted by atomic mass is 35.5. The predicted octanol–water partition coefficient (Wildman–Crippen LogP) is 2.28. The second-order valence-electron chi connectivity index (χ2n) is 6.87. The Morgan fingerprint density at radius 1 is 1.35 bits per heavy atom. The number of methoxy groups -OCH3 is 1. The van der Waals surface area contributed by atoms with E-state index in [0.29, 0.717) is 18.2 Å². The lowest BCUT2D eigenvalue weighted by Gasteiger charge is -2.40. The zero-order chi connectivity index (χ0) is 18.5. The average molecular weight is 383 g/mol. The van der Waals surface area contributed by atoms with E-state index in [1.54, 1.807) is 11.1 Å². The summed E-state index contributed by atoms with van der Waals surface area (Å²) >= 11 is 6.23. The molecule has 8 heteroatoms. The zero-order valence-corrected chi connectivity index (χ0v) is 15.9. The van der Waals surface area contributed by atoms with Gasteiger partial charge in [-0.25, -0.2) is 9.78 Å². The molecule has 0 spiro atoms. The third-order valence-electron chi connectivity index (χ3n) is 5.22. The summed E-state index contributed by atoms with van der Waals surface area (Å²) in [6.07, 6.45) is 5.18. The number of halogens is 1. The number of rotatable bonds is 4. The van der Waals surface area contributed by atoms with Crippen LogP contribution >= 0.6 is 11.6 Å². The number of hydrogen-bond donors (Lipinski definition) is 1. The standard InChI is InChI=1S/C18H27ClN4O3/c1-25-18(24)23-9-3-5-15(20)16(23)12-26-13-6-10-22(11-7-13)17-14(19)4-2-8-21-17/h2,4,8,13,15-16H,3,5-7,9-12,20H2,1H3/t15-,16-/m0/s1. The van der Waals surface area contributed by atoms with Crippen molar-refractivity contribution in [1.29, 1.82) is 0 Å². The van der Waals surface area contributed by atoms with Crippen molar-refractivity contribution in [2.45, 2.75) is 43.9 Å². The van der Waals surface area contributed by atoms with Gasteiger partial charge in [0.2, 0.25) is 0 Å². The summed E-state index contributed by atoms with van der Waals surface area (Å²) < 4.78 is 11.0. The third kappa shape index (κ3) is 4.39. The Kier molecular flexibility index (Phi) is 6.56. The van der Waals surface area contributed by atoms with Crippen molar-refractivity contribution in [2.24, 2.45) is 5.73 Å². The maximum Gasteiger partial charge on any atom is 0.409 e. The van der Waals surface area contributed by atoms with E-state index in [-0.39, 0.29) is 24.3 Å². The normalized spacial score (nSPS) is 24.6. The molecule has 2 aliphatic heterocycles. The summed E-state index contributed by atoms with van der Waals surface area (Å²) in [4.78, 5) is 20.2. The first-order chi connectivity index (χ1) is 12.6. The van der Waals surface area contributed by atoms with Gasteiger partial charge in [0.05, 0.1) is 30.9 Å². The van der Waals surface area contributed by atoms with E-state index in [1.807, 2.05) is 12.1 Å².